The van der Waals surface area contributed by atoms with Crippen molar-refractivity contribution in [1.29, 1.82) is 0 Å². The molecule has 0 unspecified atom stereocenters. The van der Waals surface area contributed by atoms with E-state index in [1.807, 2.05) is 19.9 Å². The van der Waals surface area contributed by atoms with Gasteiger partial charge in [0.15, 0.2) is 0 Å². The van der Waals surface area contributed by atoms with Crippen LogP contribution in [0.25, 0.3) is 4.91 Å². The average Bonchev–Trinajstić information content (AvgIpc) is 2.30. The van der Waals surface area contributed by atoms with Gasteiger partial charge in [-0.25, -0.2) is 0 Å². The largest absolute Gasteiger partial charge is 0.260 e. The molecular formula is C14H18N2S. The van der Waals surface area contributed by atoms with Crippen LogP contribution in [0, 0.1) is 6.92 Å². The van der Waals surface area contributed by atoms with Gasteiger partial charge in [-0.1, -0.05) is 12.7 Å². The molecule has 0 fully saturated rings. The first kappa shape index (κ1) is 13.7. The molecule has 1 heterocycles. The third kappa shape index (κ3) is 3.30. The summed E-state index contributed by atoms with van der Waals surface area (Å²) in [5, 5.41) is 0. The molecule has 0 radical (unpaired) electrons. The van der Waals surface area contributed by atoms with Crippen LogP contribution in [0.2, 0.25) is 0 Å². The van der Waals surface area contributed by atoms with Crippen molar-refractivity contribution in [2.75, 3.05) is 0 Å². The number of nitrogens with zero attached hydrogens (tertiary/aromatic N) is 2. The normalized spacial score (nSPS) is 10.8. The maximum atomic E-state index is 4.45. The number of pyridine rings is 1. The van der Waals surface area contributed by atoms with Gasteiger partial charge in [-0.05, 0) is 32.3 Å². The molecule has 0 spiro atoms. The number of rotatable bonds is 5. The summed E-state index contributed by atoms with van der Waals surface area (Å²) in [4.78, 5) is 9.54. The van der Waals surface area contributed by atoms with E-state index in [0.29, 0.717) is 4.91 Å². The third-order valence-electron chi connectivity index (χ3n) is 2.55. The fraction of sp³-hybridized carbons (Fsp3) is 0.286. The van der Waals surface area contributed by atoms with Crippen LogP contribution in [0.5, 0.6) is 0 Å². The Morgan fingerprint density at radius 2 is 2.29 bits per heavy atom. The molecule has 90 valence electrons. The highest BCUT2D eigenvalue weighted by molar-refractivity contribution is 7.90. The van der Waals surface area contributed by atoms with Crippen LogP contribution in [-0.2, 0) is 6.42 Å². The number of aryl methyl sites for hydroxylation is 1. The van der Waals surface area contributed by atoms with Crippen LogP contribution < -0.4 is 0 Å². The van der Waals surface area contributed by atoms with Crippen molar-refractivity contribution in [2.24, 2.45) is 4.99 Å². The summed E-state index contributed by atoms with van der Waals surface area (Å²) in [6.45, 7) is 11.5. The quantitative estimate of drug-likeness (QED) is 0.471. The maximum absolute atomic E-state index is 4.45. The van der Waals surface area contributed by atoms with E-state index in [2.05, 4.69) is 35.8 Å². The minimum atomic E-state index is 0.691. The second kappa shape index (κ2) is 6.40. The van der Waals surface area contributed by atoms with Crippen LogP contribution in [-0.4, -0.2) is 11.2 Å². The number of allylic oxidation sites excluding steroid dienone is 1. The Balaban J connectivity index is 3.27. The Hall–Kier alpha value is -1.35. The number of thiol groups is 1. The molecule has 0 amide bonds. The first-order chi connectivity index (χ1) is 8.11. The van der Waals surface area contributed by atoms with Gasteiger partial charge in [0.1, 0.15) is 0 Å². The number of aromatic nitrogens is 1. The van der Waals surface area contributed by atoms with Gasteiger partial charge in [-0.3, -0.25) is 9.98 Å². The fourth-order valence-electron chi connectivity index (χ4n) is 1.64. The molecule has 0 saturated heterocycles. The average molecular weight is 246 g/mol. The van der Waals surface area contributed by atoms with Gasteiger partial charge in [0.25, 0.3) is 0 Å². The Kier molecular flexibility index (Phi) is 5.16. The standard InChI is InChI=1S/C14H18N2S/c1-5-7-8-13-10(3)14(15-6-2)12(9-16-13)11(4)17/h5-6,9,17H,1,4,7-8H2,2-3H3/b15-6-. The van der Waals surface area contributed by atoms with Crippen LogP contribution >= 0.6 is 12.6 Å². The van der Waals surface area contributed by atoms with Gasteiger partial charge in [0.2, 0.25) is 0 Å². The number of aliphatic imine (C=N–C) groups is 1. The lowest BCUT2D eigenvalue weighted by Crippen LogP contribution is -1.96. The van der Waals surface area contributed by atoms with Crippen LogP contribution in [0.15, 0.2) is 30.4 Å². The number of hydrogen-bond acceptors (Lipinski definition) is 3. The van der Waals surface area contributed by atoms with Gasteiger partial charge in [-0.2, -0.15) is 0 Å². The summed E-state index contributed by atoms with van der Waals surface area (Å²) in [6.07, 6.45) is 7.28. The van der Waals surface area contributed by atoms with E-state index in [0.717, 1.165) is 35.3 Å². The van der Waals surface area contributed by atoms with E-state index >= 15 is 0 Å². The highest BCUT2D eigenvalue weighted by Gasteiger charge is 2.10. The highest BCUT2D eigenvalue weighted by Crippen LogP contribution is 2.31. The molecule has 3 heteroatoms. The zero-order valence-electron chi connectivity index (χ0n) is 10.4. The first-order valence-corrected chi connectivity index (χ1v) is 6.02. The smallest absolute Gasteiger partial charge is 0.0771 e. The molecule has 1 rings (SSSR count). The molecule has 1 aromatic rings. The predicted molar refractivity (Wildman–Crippen MR) is 79.3 cm³/mol. The molecule has 2 nitrogen and oxygen atoms in total. The molecule has 1 aromatic heterocycles. The van der Waals surface area contributed by atoms with Crippen molar-refractivity contribution in [1.82, 2.24) is 4.98 Å². The van der Waals surface area contributed by atoms with Gasteiger partial charge < -0.3 is 0 Å². The van der Waals surface area contributed by atoms with E-state index < -0.39 is 0 Å². The zero-order chi connectivity index (χ0) is 12.8. The molecule has 0 atom stereocenters. The van der Waals surface area contributed by atoms with E-state index in [9.17, 15) is 0 Å². The van der Waals surface area contributed by atoms with Crippen molar-refractivity contribution in [3.63, 3.8) is 0 Å². The summed E-state index contributed by atoms with van der Waals surface area (Å²) in [5.41, 5.74) is 3.97. The van der Waals surface area contributed by atoms with Crippen molar-refractivity contribution >= 4 is 29.4 Å². The Morgan fingerprint density at radius 3 is 2.82 bits per heavy atom. The van der Waals surface area contributed by atoms with Gasteiger partial charge in [-0.15, -0.1) is 19.2 Å². The van der Waals surface area contributed by atoms with Crippen LogP contribution in [0.1, 0.15) is 30.2 Å². The summed E-state index contributed by atoms with van der Waals surface area (Å²) < 4.78 is 0. The van der Waals surface area contributed by atoms with E-state index in [4.69, 9.17) is 0 Å². The molecule has 0 aliphatic rings. The third-order valence-corrected chi connectivity index (χ3v) is 2.79. The lowest BCUT2D eigenvalue weighted by Gasteiger charge is -2.11. The monoisotopic (exact) mass is 246 g/mol. The second-order valence-electron chi connectivity index (χ2n) is 3.75. The highest BCUT2D eigenvalue weighted by atomic mass is 32.1. The van der Waals surface area contributed by atoms with Gasteiger partial charge >= 0.3 is 0 Å². The molecule has 0 bridgehead atoms. The lowest BCUT2D eigenvalue weighted by molar-refractivity contribution is 0.927. The van der Waals surface area contributed by atoms with Gasteiger partial charge in [0, 0.05) is 28.6 Å². The minimum Gasteiger partial charge on any atom is -0.260 e. The molecule has 0 aliphatic heterocycles. The molecular weight excluding hydrogens is 228 g/mol. The van der Waals surface area contributed by atoms with Crippen molar-refractivity contribution in [2.45, 2.75) is 26.7 Å². The number of hydrogen-bond donors (Lipinski definition) is 1. The second-order valence-corrected chi connectivity index (χ2v) is 4.29. The summed E-state index contributed by atoms with van der Waals surface area (Å²) in [7, 11) is 0. The summed E-state index contributed by atoms with van der Waals surface area (Å²) in [6, 6.07) is 0. The first-order valence-electron chi connectivity index (χ1n) is 5.58. The maximum Gasteiger partial charge on any atom is 0.0771 e. The van der Waals surface area contributed by atoms with E-state index in [1.165, 1.54) is 0 Å². The van der Waals surface area contributed by atoms with Crippen molar-refractivity contribution in [3.05, 3.63) is 42.3 Å². The fourth-order valence-corrected chi connectivity index (χ4v) is 1.80. The molecule has 0 aromatic carbocycles. The van der Waals surface area contributed by atoms with E-state index in [1.54, 1.807) is 12.4 Å². The Morgan fingerprint density at radius 1 is 1.59 bits per heavy atom. The van der Waals surface area contributed by atoms with Crippen LogP contribution in [0.4, 0.5) is 5.69 Å². The Labute approximate surface area is 109 Å². The summed E-state index contributed by atoms with van der Waals surface area (Å²) in [5.74, 6) is 0. The predicted octanol–water partition coefficient (Wildman–Crippen LogP) is 4.13. The van der Waals surface area contributed by atoms with Crippen molar-refractivity contribution < 1.29 is 0 Å². The van der Waals surface area contributed by atoms with Crippen molar-refractivity contribution in [3.8, 4) is 0 Å². The zero-order valence-corrected chi connectivity index (χ0v) is 11.3. The van der Waals surface area contributed by atoms with E-state index in [-0.39, 0.29) is 0 Å². The van der Waals surface area contributed by atoms with Crippen LogP contribution in [0.3, 0.4) is 0 Å². The minimum absolute atomic E-state index is 0.691. The summed E-state index contributed by atoms with van der Waals surface area (Å²) >= 11 is 4.28. The lowest BCUT2D eigenvalue weighted by atomic mass is 10.1. The van der Waals surface area contributed by atoms with Gasteiger partial charge in [0.05, 0.1) is 5.69 Å². The molecule has 17 heavy (non-hydrogen) atoms. The SMILES string of the molecule is C=CCCc1ncc(C(=C)S)c(/N=C\C)c1C. The molecule has 0 N–H and O–H groups in total. The topological polar surface area (TPSA) is 25.2 Å². The Bertz CT molecular complexity index is 462. The molecule has 0 aliphatic carbocycles. The molecule has 0 saturated carbocycles.